The van der Waals surface area contributed by atoms with Crippen molar-refractivity contribution in [2.24, 2.45) is 0 Å². The van der Waals surface area contributed by atoms with Gasteiger partial charge in [-0.1, -0.05) is 140 Å². The van der Waals surface area contributed by atoms with E-state index in [2.05, 4.69) is 156 Å². The van der Waals surface area contributed by atoms with Crippen LogP contribution in [0.25, 0.3) is 93.4 Å². The van der Waals surface area contributed by atoms with Crippen LogP contribution >= 0.6 is 0 Å². The number of rotatable bonds is 3. The summed E-state index contributed by atoms with van der Waals surface area (Å²) < 4.78 is 2.44. The highest BCUT2D eigenvalue weighted by molar-refractivity contribution is 6.21. The van der Waals surface area contributed by atoms with Crippen molar-refractivity contribution < 1.29 is 0 Å². The summed E-state index contributed by atoms with van der Waals surface area (Å²) >= 11 is 0. The first-order chi connectivity index (χ1) is 23.3. The lowest BCUT2D eigenvalue weighted by Crippen LogP contribution is -1.97. The van der Waals surface area contributed by atoms with Crippen molar-refractivity contribution in [3.05, 3.63) is 164 Å². The molecule has 0 fully saturated rings. The van der Waals surface area contributed by atoms with E-state index in [-0.39, 0.29) is 0 Å². The van der Waals surface area contributed by atoms with Gasteiger partial charge in [0.05, 0.1) is 33.5 Å². The molecule has 3 nitrogen and oxygen atoms in total. The van der Waals surface area contributed by atoms with Crippen molar-refractivity contribution in [2.75, 3.05) is 0 Å². The molecule has 3 heteroatoms. The molecule has 0 spiro atoms. The third-order valence-electron chi connectivity index (χ3n) is 9.53. The number of aromatic nitrogens is 3. The first kappa shape index (κ1) is 26.0. The Balaban J connectivity index is 1.32. The summed E-state index contributed by atoms with van der Waals surface area (Å²) in [4.78, 5) is 10.8. The maximum absolute atomic E-state index is 5.46. The summed E-state index contributed by atoms with van der Waals surface area (Å²) in [6, 6.07) is 58.3. The normalized spacial score (nSPS) is 11.8. The molecule has 0 aliphatic heterocycles. The van der Waals surface area contributed by atoms with Gasteiger partial charge in [-0.15, -0.1) is 0 Å². The minimum absolute atomic E-state index is 0.886. The highest BCUT2D eigenvalue weighted by Crippen LogP contribution is 2.40. The van der Waals surface area contributed by atoms with Gasteiger partial charge in [-0.25, -0.2) is 9.97 Å². The molecule has 218 valence electrons. The molecular weight excluding hydrogens is 571 g/mol. The predicted octanol–water partition coefficient (Wildman–Crippen LogP) is 11.5. The second kappa shape index (κ2) is 10.1. The molecular formula is C44H27N3. The fourth-order valence-corrected chi connectivity index (χ4v) is 7.38. The van der Waals surface area contributed by atoms with Gasteiger partial charge in [-0.05, 0) is 45.8 Å². The molecule has 0 bridgehead atoms. The van der Waals surface area contributed by atoms with Gasteiger partial charge in [0.2, 0.25) is 0 Å². The fourth-order valence-electron chi connectivity index (χ4n) is 7.38. The van der Waals surface area contributed by atoms with Crippen molar-refractivity contribution in [3.63, 3.8) is 0 Å². The van der Waals surface area contributed by atoms with Crippen LogP contribution in [0.4, 0.5) is 0 Å². The molecule has 0 N–H and O–H groups in total. The van der Waals surface area contributed by atoms with E-state index in [0.717, 1.165) is 55.4 Å². The van der Waals surface area contributed by atoms with Crippen molar-refractivity contribution in [1.29, 1.82) is 0 Å². The van der Waals surface area contributed by atoms with E-state index < -0.39 is 0 Å². The third-order valence-corrected chi connectivity index (χ3v) is 9.53. The zero-order chi connectivity index (χ0) is 30.9. The quantitative estimate of drug-likeness (QED) is 0.190. The van der Waals surface area contributed by atoms with Crippen LogP contribution in [0.2, 0.25) is 0 Å². The fraction of sp³-hybridized carbons (Fsp3) is 0. The van der Waals surface area contributed by atoms with Crippen LogP contribution in [0, 0.1) is 0 Å². The average Bonchev–Trinajstić information content (AvgIpc) is 3.49. The van der Waals surface area contributed by atoms with Crippen LogP contribution in [-0.2, 0) is 0 Å². The molecule has 8 aromatic carbocycles. The van der Waals surface area contributed by atoms with Crippen LogP contribution in [0.5, 0.6) is 0 Å². The van der Waals surface area contributed by atoms with E-state index in [1.165, 1.54) is 38.0 Å². The van der Waals surface area contributed by atoms with Gasteiger partial charge in [0, 0.05) is 38.4 Å². The highest BCUT2D eigenvalue weighted by Gasteiger charge is 2.18. The molecule has 47 heavy (non-hydrogen) atoms. The summed E-state index contributed by atoms with van der Waals surface area (Å²) in [5.41, 5.74) is 9.24. The second-order valence-corrected chi connectivity index (χ2v) is 12.2. The predicted molar refractivity (Wildman–Crippen MR) is 197 cm³/mol. The third kappa shape index (κ3) is 3.93. The number of nitrogens with zero attached hydrogens (tertiary/aromatic N) is 3. The zero-order valence-corrected chi connectivity index (χ0v) is 25.4. The van der Waals surface area contributed by atoms with Gasteiger partial charge in [0.1, 0.15) is 0 Å². The summed E-state index contributed by atoms with van der Waals surface area (Å²) in [5, 5.41) is 9.60. The van der Waals surface area contributed by atoms with Gasteiger partial charge in [-0.2, -0.15) is 0 Å². The van der Waals surface area contributed by atoms with Gasteiger partial charge < -0.3 is 4.57 Å². The minimum atomic E-state index is 0.886. The molecule has 0 aliphatic rings. The lowest BCUT2D eigenvalue weighted by molar-refractivity contribution is 1.19. The largest absolute Gasteiger partial charge is 0.309 e. The van der Waals surface area contributed by atoms with Gasteiger partial charge >= 0.3 is 0 Å². The first-order valence-corrected chi connectivity index (χ1v) is 16.0. The molecule has 2 heterocycles. The van der Waals surface area contributed by atoms with E-state index in [9.17, 15) is 0 Å². The second-order valence-electron chi connectivity index (χ2n) is 12.2. The lowest BCUT2D eigenvalue weighted by atomic mass is 9.98. The zero-order valence-electron chi connectivity index (χ0n) is 25.4. The average molecular weight is 598 g/mol. The molecule has 0 radical (unpaired) electrons. The number of benzene rings is 8. The van der Waals surface area contributed by atoms with Gasteiger partial charge in [0.15, 0.2) is 0 Å². The van der Waals surface area contributed by atoms with Gasteiger partial charge in [0.25, 0.3) is 0 Å². The van der Waals surface area contributed by atoms with Crippen molar-refractivity contribution >= 4 is 65.2 Å². The van der Waals surface area contributed by atoms with Crippen LogP contribution in [0.1, 0.15) is 0 Å². The molecule has 2 aromatic heterocycles. The Hall–Kier alpha value is -6.32. The van der Waals surface area contributed by atoms with E-state index >= 15 is 0 Å². The smallest absolute Gasteiger partial charge is 0.0979 e. The van der Waals surface area contributed by atoms with Crippen molar-refractivity contribution in [2.45, 2.75) is 0 Å². The minimum Gasteiger partial charge on any atom is -0.309 e. The Morgan fingerprint density at radius 1 is 0.404 bits per heavy atom. The summed E-state index contributed by atoms with van der Waals surface area (Å²) in [5.74, 6) is 0. The van der Waals surface area contributed by atoms with E-state index in [4.69, 9.17) is 9.97 Å². The molecule has 0 amide bonds. The number of hydrogen-bond donors (Lipinski definition) is 0. The molecule has 0 aliphatic carbocycles. The lowest BCUT2D eigenvalue weighted by Gasteiger charge is -2.15. The summed E-state index contributed by atoms with van der Waals surface area (Å²) in [7, 11) is 0. The van der Waals surface area contributed by atoms with Crippen LogP contribution in [0.15, 0.2) is 164 Å². The molecule has 0 atom stereocenters. The first-order valence-electron chi connectivity index (χ1n) is 16.0. The van der Waals surface area contributed by atoms with E-state index in [1.807, 2.05) is 12.1 Å². The Bertz CT molecular complexity index is 2830. The maximum atomic E-state index is 5.46. The SMILES string of the molecule is c1ccc(-c2nc3ccc4ccc5ccc(-n6c7ccccc7c7ccc8ccccc8c76)cc5c4c3nc2-c2ccccc2)cc1. The topological polar surface area (TPSA) is 30.7 Å². The monoisotopic (exact) mass is 597 g/mol. The van der Waals surface area contributed by atoms with Gasteiger partial charge in [-0.3, -0.25) is 0 Å². The van der Waals surface area contributed by atoms with Crippen molar-refractivity contribution in [1.82, 2.24) is 14.5 Å². The van der Waals surface area contributed by atoms with Crippen molar-refractivity contribution in [3.8, 4) is 28.2 Å². The Morgan fingerprint density at radius 2 is 1.00 bits per heavy atom. The summed E-state index contributed by atoms with van der Waals surface area (Å²) in [6.07, 6.45) is 0. The molecule has 10 aromatic rings. The van der Waals surface area contributed by atoms with E-state index in [0.29, 0.717) is 0 Å². The maximum Gasteiger partial charge on any atom is 0.0979 e. The van der Waals surface area contributed by atoms with E-state index in [1.54, 1.807) is 0 Å². The Kier molecular flexibility index (Phi) is 5.57. The number of fused-ring (bicyclic) bond motifs is 10. The molecule has 10 rings (SSSR count). The molecule has 0 saturated carbocycles. The Morgan fingerprint density at radius 3 is 1.81 bits per heavy atom. The van der Waals surface area contributed by atoms with Crippen LogP contribution in [-0.4, -0.2) is 14.5 Å². The highest BCUT2D eigenvalue weighted by atomic mass is 15.0. The van der Waals surface area contributed by atoms with Crippen LogP contribution in [0.3, 0.4) is 0 Å². The number of para-hydroxylation sites is 1. The summed E-state index contributed by atoms with van der Waals surface area (Å²) in [6.45, 7) is 0. The molecule has 0 saturated heterocycles. The Labute approximate surface area is 271 Å². The van der Waals surface area contributed by atoms with Crippen LogP contribution < -0.4 is 0 Å². The standard InChI is InChI=1S/C44H27N3/c1-3-12-31(13-4-1)41-42(32-14-5-2-6-15-32)46-43-38(45-41)26-23-30-20-19-29-21-24-33(27-37(29)40(30)43)47-39-18-10-9-17-35(39)36-25-22-28-11-7-8-16-34(28)44(36)47/h1-27H. The molecule has 0 unspecified atom stereocenters. The number of hydrogen-bond acceptors (Lipinski definition) is 2.